The molecular formula is C33H31ClFNO5. The summed E-state index contributed by atoms with van der Waals surface area (Å²) in [6, 6.07) is 20.8. The first-order valence-corrected chi connectivity index (χ1v) is 13.9. The standard InChI is InChI=1S/C33H31ClFNO5/c1-37-17-18-40-30-9-7-22(19-27(30)34)33(23-8-10-31(38-2)28(35)20-23)12-11-26-24-5-3-4-6-25(24)29(21-32(26)41-33)36-13-15-39-16-14-36/h3-12,19-21H,13-18H2,1-2H3. The minimum Gasteiger partial charge on any atom is -0.494 e. The first kappa shape index (κ1) is 27.4. The Morgan fingerprint density at radius 2 is 1.63 bits per heavy atom. The van der Waals surface area contributed by atoms with Crippen LogP contribution in [0.25, 0.3) is 16.8 Å². The highest BCUT2D eigenvalue weighted by molar-refractivity contribution is 6.32. The molecule has 1 atom stereocenters. The van der Waals surface area contributed by atoms with E-state index < -0.39 is 11.4 Å². The van der Waals surface area contributed by atoms with Crippen molar-refractivity contribution in [3.63, 3.8) is 0 Å². The Labute approximate surface area is 243 Å². The van der Waals surface area contributed by atoms with Crippen molar-refractivity contribution in [1.82, 2.24) is 0 Å². The number of hydrogen-bond donors (Lipinski definition) is 0. The highest BCUT2D eigenvalue weighted by Crippen LogP contribution is 2.48. The van der Waals surface area contributed by atoms with E-state index in [-0.39, 0.29) is 5.75 Å². The normalized spacial score (nSPS) is 18.2. The Hall–Kier alpha value is -3.78. The number of hydrogen-bond acceptors (Lipinski definition) is 6. The highest BCUT2D eigenvalue weighted by Gasteiger charge is 2.39. The third-order valence-corrected chi connectivity index (χ3v) is 7.92. The zero-order chi connectivity index (χ0) is 28.4. The average Bonchev–Trinajstić information content (AvgIpc) is 3.01. The first-order valence-electron chi connectivity index (χ1n) is 13.6. The zero-order valence-electron chi connectivity index (χ0n) is 23.0. The molecule has 0 bridgehead atoms. The third-order valence-electron chi connectivity index (χ3n) is 7.62. The van der Waals surface area contributed by atoms with E-state index in [0.717, 1.165) is 40.7 Å². The highest BCUT2D eigenvalue weighted by atomic mass is 35.5. The van der Waals surface area contributed by atoms with Crippen LogP contribution in [-0.2, 0) is 15.1 Å². The van der Waals surface area contributed by atoms with Crippen LogP contribution in [0.15, 0.2) is 72.8 Å². The van der Waals surface area contributed by atoms with Gasteiger partial charge in [-0.15, -0.1) is 0 Å². The van der Waals surface area contributed by atoms with Gasteiger partial charge < -0.3 is 28.6 Å². The largest absolute Gasteiger partial charge is 0.494 e. The summed E-state index contributed by atoms with van der Waals surface area (Å²) in [5.74, 6) is 0.902. The summed E-state index contributed by atoms with van der Waals surface area (Å²) in [5.41, 5.74) is 2.21. The maximum atomic E-state index is 15.1. The first-order chi connectivity index (χ1) is 20.0. The van der Waals surface area contributed by atoms with Gasteiger partial charge in [-0.3, -0.25) is 0 Å². The van der Waals surface area contributed by atoms with Crippen molar-refractivity contribution in [3.05, 3.63) is 100 Å². The second kappa shape index (κ2) is 11.6. The smallest absolute Gasteiger partial charge is 0.178 e. The Morgan fingerprint density at radius 1 is 0.902 bits per heavy atom. The van der Waals surface area contributed by atoms with Crippen LogP contribution >= 0.6 is 11.6 Å². The van der Waals surface area contributed by atoms with Gasteiger partial charge in [0.25, 0.3) is 0 Å². The van der Waals surface area contributed by atoms with E-state index in [1.807, 2.05) is 30.3 Å². The van der Waals surface area contributed by atoms with Crippen LogP contribution in [0.1, 0.15) is 16.7 Å². The molecule has 0 amide bonds. The molecule has 6 rings (SSSR count). The van der Waals surface area contributed by atoms with Gasteiger partial charge >= 0.3 is 0 Å². The van der Waals surface area contributed by atoms with Gasteiger partial charge in [-0.2, -0.15) is 0 Å². The number of morpholine rings is 1. The topological polar surface area (TPSA) is 49.4 Å². The van der Waals surface area contributed by atoms with Crippen LogP contribution in [0.2, 0.25) is 5.02 Å². The molecule has 0 N–H and O–H groups in total. The van der Waals surface area contributed by atoms with E-state index in [4.69, 9.17) is 35.3 Å². The van der Waals surface area contributed by atoms with Crippen molar-refractivity contribution in [3.8, 4) is 17.2 Å². The van der Waals surface area contributed by atoms with Gasteiger partial charge in [-0.25, -0.2) is 4.39 Å². The quantitative estimate of drug-likeness (QED) is 0.214. The molecular weight excluding hydrogens is 545 g/mol. The summed E-state index contributed by atoms with van der Waals surface area (Å²) in [5, 5.41) is 2.64. The van der Waals surface area contributed by atoms with Gasteiger partial charge in [0.1, 0.15) is 18.1 Å². The summed E-state index contributed by atoms with van der Waals surface area (Å²) in [4.78, 5) is 2.32. The molecule has 2 aliphatic rings. The molecule has 8 heteroatoms. The fourth-order valence-electron chi connectivity index (χ4n) is 5.54. The number of anilines is 1. The second-order valence-corrected chi connectivity index (χ2v) is 10.4. The molecule has 0 spiro atoms. The number of methoxy groups -OCH3 is 2. The van der Waals surface area contributed by atoms with Crippen molar-refractivity contribution in [2.45, 2.75) is 5.60 Å². The monoisotopic (exact) mass is 575 g/mol. The summed E-state index contributed by atoms with van der Waals surface area (Å²) >= 11 is 6.70. The van der Waals surface area contributed by atoms with Crippen molar-refractivity contribution in [2.75, 3.05) is 58.6 Å². The Balaban J connectivity index is 1.51. The van der Waals surface area contributed by atoms with Crippen LogP contribution in [0.4, 0.5) is 10.1 Å². The predicted octanol–water partition coefficient (Wildman–Crippen LogP) is 6.85. The lowest BCUT2D eigenvalue weighted by Gasteiger charge is -2.38. The van der Waals surface area contributed by atoms with Gasteiger partial charge in [0, 0.05) is 54.0 Å². The van der Waals surface area contributed by atoms with Crippen LogP contribution in [0, 0.1) is 5.82 Å². The number of rotatable bonds is 8. The van der Waals surface area contributed by atoms with Crippen LogP contribution in [0.3, 0.4) is 0 Å². The van der Waals surface area contributed by atoms with Crippen molar-refractivity contribution >= 4 is 34.1 Å². The molecule has 41 heavy (non-hydrogen) atoms. The number of halogens is 2. The number of fused-ring (bicyclic) bond motifs is 3. The van der Waals surface area contributed by atoms with E-state index in [2.05, 4.69) is 35.2 Å². The van der Waals surface area contributed by atoms with Crippen molar-refractivity contribution in [1.29, 1.82) is 0 Å². The Morgan fingerprint density at radius 3 is 2.34 bits per heavy atom. The molecule has 4 aromatic carbocycles. The van der Waals surface area contributed by atoms with Gasteiger partial charge in [-0.1, -0.05) is 48.0 Å². The predicted molar refractivity (Wildman–Crippen MR) is 159 cm³/mol. The lowest BCUT2D eigenvalue weighted by molar-refractivity contribution is 0.122. The molecule has 1 saturated heterocycles. The van der Waals surface area contributed by atoms with Gasteiger partial charge in [0.2, 0.25) is 0 Å². The molecule has 0 aliphatic carbocycles. The molecule has 212 valence electrons. The maximum Gasteiger partial charge on any atom is 0.178 e. The lowest BCUT2D eigenvalue weighted by Crippen LogP contribution is -2.37. The van der Waals surface area contributed by atoms with Crippen molar-refractivity contribution < 1.29 is 28.1 Å². The summed E-state index contributed by atoms with van der Waals surface area (Å²) < 4.78 is 43.8. The molecule has 2 aliphatic heterocycles. The minimum atomic E-state index is -1.17. The number of nitrogens with zero attached hydrogens (tertiary/aromatic N) is 1. The van der Waals surface area contributed by atoms with Crippen molar-refractivity contribution in [2.24, 2.45) is 0 Å². The maximum absolute atomic E-state index is 15.1. The zero-order valence-corrected chi connectivity index (χ0v) is 23.7. The summed E-state index contributed by atoms with van der Waals surface area (Å²) in [7, 11) is 3.06. The van der Waals surface area contributed by atoms with Crippen LogP contribution in [-0.4, -0.2) is 53.7 Å². The number of benzene rings is 4. The summed E-state index contributed by atoms with van der Waals surface area (Å²) in [6.45, 7) is 3.71. The van der Waals surface area contributed by atoms with E-state index in [9.17, 15) is 0 Å². The average molecular weight is 576 g/mol. The molecule has 0 radical (unpaired) electrons. The van der Waals surface area contributed by atoms with Gasteiger partial charge in [0.15, 0.2) is 17.2 Å². The fraction of sp³-hybridized carbons (Fsp3) is 0.273. The SMILES string of the molecule is COCCOc1ccc(C2(c3ccc(OC)c(F)c3)C=Cc3c(cc(N4CCOCC4)c4ccccc34)O2)cc1Cl. The van der Waals surface area contributed by atoms with E-state index in [0.29, 0.717) is 48.5 Å². The van der Waals surface area contributed by atoms with Gasteiger partial charge in [0.05, 0.1) is 32.0 Å². The molecule has 2 heterocycles. The lowest BCUT2D eigenvalue weighted by atomic mass is 9.83. The van der Waals surface area contributed by atoms with Gasteiger partial charge in [-0.05, 0) is 41.8 Å². The van der Waals surface area contributed by atoms with Crippen LogP contribution in [0.5, 0.6) is 17.2 Å². The van der Waals surface area contributed by atoms with Crippen LogP contribution < -0.4 is 19.1 Å². The Bertz CT molecular complexity index is 1600. The minimum absolute atomic E-state index is 0.157. The molecule has 0 aromatic heterocycles. The molecule has 4 aromatic rings. The van der Waals surface area contributed by atoms with E-state index in [1.165, 1.54) is 13.2 Å². The molecule has 0 saturated carbocycles. The number of ether oxygens (including phenoxy) is 5. The third kappa shape index (κ3) is 5.10. The van der Waals surface area contributed by atoms with E-state index >= 15 is 4.39 Å². The Kier molecular flexibility index (Phi) is 7.75. The fourth-order valence-corrected chi connectivity index (χ4v) is 5.78. The van der Waals surface area contributed by atoms with E-state index in [1.54, 1.807) is 19.2 Å². The molecule has 6 nitrogen and oxygen atoms in total. The molecule has 1 fully saturated rings. The second-order valence-electron chi connectivity index (χ2n) is 9.96. The summed E-state index contributed by atoms with van der Waals surface area (Å²) in [6.07, 6.45) is 4.03. The molecule has 1 unspecified atom stereocenters.